The molecule has 0 saturated carbocycles. The Morgan fingerprint density at radius 1 is 1.03 bits per heavy atom. The topological polar surface area (TPSA) is 59.1 Å². The largest absolute Gasteiger partial charge is 0.495 e. The number of hydrogen-bond acceptors (Lipinski definition) is 6. The van der Waals surface area contributed by atoms with E-state index in [2.05, 4.69) is 0 Å². The van der Waals surface area contributed by atoms with E-state index in [1.165, 1.54) is 18.9 Å². The van der Waals surface area contributed by atoms with Gasteiger partial charge in [0.15, 0.2) is 0 Å². The zero-order valence-corrected chi connectivity index (χ0v) is 18.3. The van der Waals surface area contributed by atoms with Gasteiger partial charge in [-0.1, -0.05) is 41.1 Å². The second kappa shape index (κ2) is 8.71. The van der Waals surface area contributed by atoms with Crippen molar-refractivity contribution in [1.29, 1.82) is 0 Å². The summed E-state index contributed by atoms with van der Waals surface area (Å²) in [6.07, 6.45) is 0. The number of morpholine rings is 1. The van der Waals surface area contributed by atoms with E-state index in [1.807, 2.05) is 36.1 Å². The number of carbonyl (C=O) groups excluding carboxylic acids is 2. The zero-order valence-electron chi connectivity index (χ0n) is 16.7. The number of rotatable bonds is 5. The first-order valence-electron chi connectivity index (χ1n) is 9.53. The number of ether oxygens (including phenoxy) is 2. The molecule has 0 atom stereocenters. The van der Waals surface area contributed by atoms with E-state index >= 15 is 0 Å². The van der Waals surface area contributed by atoms with Gasteiger partial charge in [0, 0.05) is 23.0 Å². The van der Waals surface area contributed by atoms with Gasteiger partial charge < -0.3 is 14.4 Å². The average molecular weight is 445 g/mol. The summed E-state index contributed by atoms with van der Waals surface area (Å²) < 4.78 is 10.8. The van der Waals surface area contributed by atoms with Crippen molar-refractivity contribution in [2.45, 2.75) is 11.8 Å². The van der Waals surface area contributed by atoms with Crippen LogP contribution in [0.2, 0.25) is 5.02 Å². The van der Waals surface area contributed by atoms with Gasteiger partial charge in [-0.05, 0) is 37.3 Å². The molecule has 2 aromatic rings. The van der Waals surface area contributed by atoms with Crippen LogP contribution in [0.25, 0.3) is 0 Å². The second-order valence-corrected chi connectivity index (χ2v) is 8.47. The third-order valence-corrected chi connectivity index (χ3v) is 6.28. The Morgan fingerprint density at radius 2 is 1.73 bits per heavy atom. The highest BCUT2D eigenvalue weighted by molar-refractivity contribution is 8.04. The Bertz CT molecular complexity index is 1020. The van der Waals surface area contributed by atoms with Gasteiger partial charge >= 0.3 is 0 Å². The standard InChI is InChI=1S/C22H21ClN2O4S/c1-14-3-6-16(7-4-14)30-20-19(24-9-11-29-12-10-24)21(26)25(22(20)27)17-13-15(23)5-8-18(17)28-2/h3-8,13H,9-12H2,1-2H3. The van der Waals surface area contributed by atoms with Crippen molar-refractivity contribution in [3.8, 4) is 5.75 Å². The molecule has 156 valence electrons. The van der Waals surface area contributed by atoms with Gasteiger partial charge in [-0.15, -0.1) is 0 Å². The van der Waals surface area contributed by atoms with Crippen LogP contribution in [0.3, 0.4) is 0 Å². The minimum absolute atomic E-state index is 0.338. The molecule has 8 heteroatoms. The third-order valence-electron chi connectivity index (χ3n) is 4.97. The molecule has 2 aromatic carbocycles. The lowest BCUT2D eigenvalue weighted by Gasteiger charge is -2.29. The van der Waals surface area contributed by atoms with E-state index in [0.717, 1.165) is 15.4 Å². The summed E-state index contributed by atoms with van der Waals surface area (Å²) in [4.78, 5) is 31.4. The van der Waals surface area contributed by atoms with Crippen molar-refractivity contribution in [1.82, 2.24) is 4.90 Å². The quantitative estimate of drug-likeness (QED) is 0.652. The molecule has 1 fully saturated rings. The molecule has 0 aromatic heterocycles. The minimum atomic E-state index is -0.382. The van der Waals surface area contributed by atoms with Crippen LogP contribution in [0.4, 0.5) is 5.69 Å². The van der Waals surface area contributed by atoms with E-state index in [9.17, 15) is 9.59 Å². The van der Waals surface area contributed by atoms with Gasteiger partial charge in [0.2, 0.25) is 0 Å². The number of imide groups is 1. The van der Waals surface area contributed by atoms with Crippen LogP contribution >= 0.6 is 23.4 Å². The molecule has 2 heterocycles. The molecule has 2 amide bonds. The van der Waals surface area contributed by atoms with E-state index in [4.69, 9.17) is 21.1 Å². The zero-order chi connectivity index (χ0) is 21.3. The summed E-state index contributed by atoms with van der Waals surface area (Å²) in [5.74, 6) is -0.353. The number of halogens is 1. The van der Waals surface area contributed by atoms with Crippen molar-refractivity contribution in [3.05, 3.63) is 63.7 Å². The Hall–Kier alpha value is -2.48. The highest BCUT2D eigenvalue weighted by atomic mass is 35.5. The number of aryl methyl sites for hydroxylation is 1. The molecule has 0 unspecified atom stereocenters. The van der Waals surface area contributed by atoms with Crippen LogP contribution in [-0.4, -0.2) is 50.1 Å². The Balaban J connectivity index is 1.77. The Kier molecular flexibility index (Phi) is 6.04. The highest BCUT2D eigenvalue weighted by Gasteiger charge is 2.43. The van der Waals surface area contributed by atoms with Crippen LogP contribution in [-0.2, 0) is 14.3 Å². The Morgan fingerprint density at radius 3 is 2.40 bits per heavy atom. The van der Waals surface area contributed by atoms with E-state index in [1.54, 1.807) is 18.2 Å². The summed E-state index contributed by atoms with van der Waals surface area (Å²) in [6, 6.07) is 12.7. The van der Waals surface area contributed by atoms with Crippen molar-refractivity contribution < 1.29 is 19.1 Å². The van der Waals surface area contributed by atoms with Gasteiger partial charge in [0.05, 0.1) is 26.0 Å². The molecule has 2 aliphatic rings. The maximum Gasteiger partial charge on any atom is 0.283 e. The number of hydrogen-bond donors (Lipinski definition) is 0. The van der Waals surface area contributed by atoms with Crippen molar-refractivity contribution in [2.75, 3.05) is 38.3 Å². The lowest BCUT2D eigenvalue weighted by molar-refractivity contribution is -0.121. The molecular weight excluding hydrogens is 424 g/mol. The van der Waals surface area contributed by atoms with Gasteiger partial charge in [-0.25, -0.2) is 4.90 Å². The van der Waals surface area contributed by atoms with Crippen LogP contribution < -0.4 is 9.64 Å². The SMILES string of the molecule is COc1ccc(Cl)cc1N1C(=O)C(Sc2ccc(C)cc2)=C(N2CCOCC2)C1=O. The first-order chi connectivity index (χ1) is 14.5. The first kappa shape index (κ1) is 20.8. The predicted molar refractivity (Wildman–Crippen MR) is 117 cm³/mol. The number of thioether (sulfide) groups is 1. The van der Waals surface area contributed by atoms with Crippen molar-refractivity contribution in [2.24, 2.45) is 0 Å². The fourth-order valence-corrected chi connectivity index (χ4v) is 4.60. The van der Waals surface area contributed by atoms with Crippen LogP contribution in [0, 0.1) is 6.92 Å². The first-order valence-corrected chi connectivity index (χ1v) is 10.7. The summed E-state index contributed by atoms with van der Waals surface area (Å²) in [7, 11) is 1.50. The maximum absolute atomic E-state index is 13.5. The molecule has 0 N–H and O–H groups in total. The number of anilines is 1. The van der Waals surface area contributed by atoms with Crippen LogP contribution in [0.5, 0.6) is 5.75 Å². The van der Waals surface area contributed by atoms with Crippen LogP contribution in [0.1, 0.15) is 5.56 Å². The molecule has 1 saturated heterocycles. The minimum Gasteiger partial charge on any atom is -0.495 e. The Labute approximate surface area is 184 Å². The van der Waals surface area contributed by atoms with E-state index in [0.29, 0.717) is 53.4 Å². The lowest BCUT2D eigenvalue weighted by atomic mass is 10.2. The number of benzene rings is 2. The lowest BCUT2D eigenvalue weighted by Crippen LogP contribution is -2.40. The molecule has 2 aliphatic heterocycles. The number of methoxy groups -OCH3 is 1. The molecule has 0 bridgehead atoms. The third kappa shape index (κ3) is 3.93. The number of amides is 2. The molecule has 6 nitrogen and oxygen atoms in total. The number of nitrogens with zero attached hydrogens (tertiary/aromatic N) is 2. The molecule has 0 aliphatic carbocycles. The fraction of sp³-hybridized carbons (Fsp3) is 0.273. The molecule has 0 radical (unpaired) electrons. The molecule has 30 heavy (non-hydrogen) atoms. The monoisotopic (exact) mass is 444 g/mol. The predicted octanol–water partition coefficient (Wildman–Crippen LogP) is 3.87. The second-order valence-electron chi connectivity index (χ2n) is 6.95. The fourth-order valence-electron chi connectivity index (χ4n) is 3.44. The van der Waals surface area contributed by atoms with Crippen LogP contribution in [0.15, 0.2) is 58.0 Å². The van der Waals surface area contributed by atoms with Gasteiger partial charge in [0.25, 0.3) is 11.8 Å². The van der Waals surface area contributed by atoms with Gasteiger partial charge in [0.1, 0.15) is 16.4 Å². The number of carbonyl (C=O) groups is 2. The van der Waals surface area contributed by atoms with Gasteiger partial charge in [-0.3, -0.25) is 9.59 Å². The molecular formula is C22H21ClN2O4S. The molecule has 0 spiro atoms. The average Bonchev–Trinajstić information content (AvgIpc) is 2.99. The molecule has 4 rings (SSSR count). The summed E-state index contributed by atoms with van der Waals surface area (Å²) in [6.45, 7) is 4.12. The van der Waals surface area contributed by atoms with Gasteiger partial charge in [-0.2, -0.15) is 0 Å². The highest BCUT2D eigenvalue weighted by Crippen LogP contribution is 2.42. The van der Waals surface area contributed by atoms with Crippen molar-refractivity contribution >= 4 is 40.9 Å². The smallest absolute Gasteiger partial charge is 0.283 e. The maximum atomic E-state index is 13.5. The van der Waals surface area contributed by atoms with E-state index < -0.39 is 0 Å². The summed E-state index contributed by atoms with van der Waals surface area (Å²) in [5.41, 5.74) is 1.86. The van der Waals surface area contributed by atoms with E-state index in [-0.39, 0.29) is 11.8 Å². The van der Waals surface area contributed by atoms with Crippen molar-refractivity contribution in [3.63, 3.8) is 0 Å². The summed E-state index contributed by atoms with van der Waals surface area (Å²) >= 11 is 7.46. The normalized spacial score (nSPS) is 17.2. The summed E-state index contributed by atoms with van der Waals surface area (Å²) in [5, 5.41) is 0.416.